The van der Waals surface area contributed by atoms with Crippen LogP contribution < -0.4 is 10.5 Å². The van der Waals surface area contributed by atoms with Crippen LogP contribution in [0.5, 0.6) is 0 Å². The van der Waals surface area contributed by atoms with Crippen molar-refractivity contribution in [3.05, 3.63) is 39.3 Å². The van der Waals surface area contributed by atoms with Crippen molar-refractivity contribution in [2.75, 3.05) is 25.2 Å². The van der Waals surface area contributed by atoms with E-state index in [-0.39, 0.29) is 12.5 Å². The quantitative estimate of drug-likeness (QED) is 0.768. The molecule has 2 aromatic rings. The third kappa shape index (κ3) is 4.86. The molecule has 0 aliphatic carbocycles. The van der Waals surface area contributed by atoms with E-state index < -0.39 is 17.4 Å². The van der Waals surface area contributed by atoms with Crippen LogP contribution in [0.4, 0.5) is 18.3 Å². The van der Waals surface area contributed by atoms with Crippen LogP contribution in [0.3, 0.4) is 0 Å². The summed E-state index contributed by atoms with van der Waals surface area (Å²) in [5.41, 5.74) is -1.50. The molecule has 136 valence electrons. The van der Waals surface area contributed by atoms with Crippen LogP contribution in [0.1, 0.15) is 18.3 Å². The highest BCUT2D eigenvalue weighted by molar-refractivity contribution is 7.14. The molecule has 0 saturated carbocycles. The van der Waals surface area contributed by atoms with E-state index in [4.69, 9.17) is 4.74 Å². The van der Waals surface area contributed by atoms with Gasteiger partial charge in [-0.3, -0.25) is 14.5 Å². The lowest BCUT2D eigenvalue weighted by molar-refractivity contribution is -0.142. The third-order valence-electron chi connectivity index (χ3n) is 3.14. The summed E-state index contributed by atoms with van der Waals surface area (Å²) in [4.78, 5) is 29.0. The minimum absolute atomic E-state index is 0.227. The van der Waals surface area contributed by atoms with Gasteiger partial charge in [0, 0.05) is 25.5 Å². The van der Waals surface area contributed by atoms with Crippen LogP contribution in [-0.2, 0) is 22.3 Å². The van der Waals surface area contributed by atoms with E-state index >= 15 is 0 Å². The van der Waals surface area contributed by atoms with Crippen molar-refractivity contribution in [3.8, 4) is 0 Å². The molecule has 0 fully saturated rings. The molecule has 2 aromatic heterocycles. The smallest absolute Gasteiger partial charge is 0.383 e. The lowest BCUT2D eigenvalue weighted by atomic mass is 10.4. The highest BCUT2D eigenvalue weighted by Gasteiger charge is 2.33. The van der Waals surface area contributed by atoms with Gasteiger partial charge in [0.05, 0.1) is 25.4 Å². The second kappa shape index (κ2) is 7.74. The number of methoxy groups -OCH3 is 1. The Morgan fingerprint density at radius 1 is 1.40 bits per heavy atom. The fraction of sp³-hybridized carbons (Fsp3) is 0.429. The molecule has 0 atom stereocenters. The molecule has 11 heteroatoms. The number of carbonyl (C=O) groups excluding carboxylic acids is 1. The number of alkyl halides is 3. The monoisotopic (exact) mass is 376 g/mol. The largest absolute Gasteiger partial charge is 0.435 e. The van der Waals surface area contributed by atoms with Crippen LogP contribution in [0.2, 0.25) is 0 Å². The summed E-state index contributed by atoms with van der Waals surface area (Å²) in [6, 6.07) is 1.44. The van der Waals surface area contributed by atoms with E-state index in [0.29, 0.717) is 34.7 Å². The minimum Gasteiger partial charge on any atom is -0.383 e. The molecule has 0 N–H and O–H groups in total. The third-order valence-corrected chi connectivity index (χ3v) is 4.05. The van der Waals surface area contributed by atoms with E-state index in [1.807, 2.05) is 0 Å². The number of thiazole rings is 1. The summed E-state index contributed by atoms with van der Waals surface area (Å²) >= 11 is 1.14. The van der Waals surface area contributed by atoms with Gasteiger partial charge in [0.15, 0.2) is 10.8 Å². The molecule has 0 unspecified atom stereocenters. The average molecular weight is 376 g/mol. The van der Waals surface area contributed by atoms with E-state index in [0.717, 1.165) is 17.4 Å². The molecule has 7 nitrogen and oxygen atoms in total. The van der Waals surface area contributed by atoms with E-state index in [9.17, 15) is 22.8 Å². The highest BCUT2D eigenvalue weighted by atomic mass is 32.1. The van der Waals surface area contributed by atoms with Crippen molar-refractivity contribution < 1.29 is 22.7 Å². The Hall–Kier alpha value is -2.27. The normalized spacial score (nSPS) is 11.6. The Bertz CT molecular complexity index is 803. The van der Waals surface area contributed by atoms with Crippen LogP contribution >= 0.6 is 11.3 Å². The maximum absolute atomic E-state index is 12.7. The van der Waals surface area contributed by atoms with Gasteiger partial charge in [-0.2, -0.15) is 18.3 Å². The van der Waals surface area contributed by atoms with Gasteiger partial charge in [-0.25, -0.2) is 9.67 Å². The van der Waals surface area contributed by atoms with Gasteiger partial charge in [0.2, 0.25) is 5.91 Å². The summed E-state index contributed by atoms with van der Waals surface area (Å²) in [5.74, 6) is -0.243. The Kier molecular flexibility index (Phi) is 5.90. The molecule has 0 aliphatic rings. The highest BCUT2D eigenvalue weighted by Crippen LogP contribution is 2.26. The summed E-state index contributed by atoms with van der Waals surface area (Å²) in [6.45, 7) is 1.74. The summed E-state index contributed by atoms with van der Waals surface area (Å²) in [7, 11) is 1.50. The Morgan fingerprint density at radius 2 is 2.12 bits per heavy atom. The van der Waals surface area contributed by atoms with E-state index in [2.05, 4.69) is 10.1 Å². The predicted molar refractivity (Wildman–Crippen MR) is 84.6 cm³/mol. The van der Waals surface area contributed by atoms with Crippen molar-refractivity contribution in [2.24, 2.45) is 0 Å². The molecule has 0 aromatic carbocycles. The number of hydrogen-bond donors (Lipinski definition) is 0. The molecule has 1 amide bonds. The Morgan fingerprint density at radius 3 is 2.72 bits per heavy atom. The van der Waals surface area contributed by atoms with Gasteiger partial charge in [-0.15, -0.1) is 11.3 Å². The van der Waals surface area contributed by atoms with E-state index in [1.165, 1.54) is 18.9 Å². The molecular weight excluding hydrogens is 361 g/mol. The van der Waals surface area contributed by atoms with Gasteiger partial charge < -0.3 is 4.74 Å². The fourth-order valence-electron chi connectivity index (χ4n) is 1.93. The summed E-state index contributed by atoms with van der Waals surface area (Å²) < 4.78 is 43.7. The zero-order valence-electron chi connectivity index (χ0n) is 13.4. The number of amides is 1. The number of rotatable bonds is 6. The van der Waals surface area contributed by atoms with Gasteiger partial charge in [-0.05, 0) is 6.07 Å². The first-order valence-electron chi connectivity index (χ1n) is 7.09. The Labute approximate surface area is 144 Å². The number of anilines is 1. The van der Waals surface area contributed by atoms with Crippen molar-refractivity contribution in [2.45, 2.75) is 19.6 Å². The van der Waals surface area contributed by atoms with Crippen molar-refractivity contribution >= 4 is 22.4 Å². The lowest BCUT2D eigenvalue weighted by Crippen LogP contribution is -2.31. The maximum Gasteiger partial charge on any atom is 0.435 e. The number of halogens is 3. The van der Waals surface area contributed by atoms with Crippen molar-refractivity contribution in [1.82, 2.24) is 14.8 Å². The minimum atomic E-state index is -4.64. The molecule has 0 aliphatic heterocycles. The molecule has 0 spiro atoms. The second-order valence-electron chi connectivity index (χ2n) is 5.00. The van der Waals surface area contributed by atoms with Crippen LogP contribution in [0, 0.1) is 0 Å². The van der Waals surface area contributed by atoms with Crippen LogP contribution in [0.25, 0.3) is 0 Å². The van der Waals surface area contributed by atoms with E-state index in [1.54, 1.807) is 5.38 Å². The first kappa shape index (κ1) is 19.1. The Balaban J connectivity index is 2.24. The summed E-state index contributed by atoms with van der Waals surface area (Å²) in [5, 5.41) is 5.26. The topological polar surface area (TPSA) is 77.3 Å². The first-order valence-corrected chi connectivity index (χ1v) is 7.97. The zero-order chi connectivity index (χ0) is 18.6. The number of ether oxygens (including phenoxy) is 1. The number of aromatic nitrogens is 3. The number of nitrogens with zero attached hydrogens (tertiary/aromatic N) is 4. The molecule has 0 saturated heterocycles. The second-order valence-corrected chi connectivity index (χ2v) is 5.83. The molecule has 25 heavy (non-hydrogen) atoms. The van der Waals surface area contributed by atoms with Gasteiger partial charge in [-0.1, -0.05) is 0 Å². The molecule has 0 bridgehead atoms. The van der Waals surface area contributed by atoms with Crippen LogP contribution in [-0.4, -0.2) is 40.9 Å². The SMILES string of the molecule is COCCN(C(C)=O)c1nc(Cn2nc(C(F)(F)F)ccc2=O)cs1. The number of carbonyl (C=O) groups is 1. The lowest BCUT2D eigenvalue weighted by Gasteiger charge is -2.16. The number of hydrogen-bond acceptors (Lipinski definition) is 6. The van der Waals surface area contributed by atoms with Gasteiger partial charge in [0.25, 0.3) is 5.56 Å². The maximum atomic E-state index is 12.7. The van der Waals surface area contributed by atoms with Crippen LogP contribution in [0.15, 0.2) is 22.3 Å². The van der Waals surface area contributed by atoms with Gasteiger partial charge >= 0.3 is 6.18 Å². The molecule has 2 heterocycles. The first-order chi connectivity index (χ1) is 11.7. The van der Waals surface area contributed by atoms with Gasteiger partial charge in [0.1, 0.15) is 0 Å². The molecule has 2 rings (SSSR count). The zero-order valence-corrected chi connectivity index (χ0v) is 14.2. The standard InChI is InChI=1S/C14H15F3N4O3S/c1-9(22)20(5-6-24-2)13-18-10(8-25-13)7-21-12(23)4-3-11(19-21)14(15,16)17/h3-4,8H,5-7H2,1-2H3. The summed E-state index contributed by atoms with van der Waals surface area (Å²) in [6.07, 6.45) is -4.64. The van der Waals surface area contributed by atoms with Crippen molar-refractivity contribution in [3.63, 3.8) is 0 Å². The van der Waals surface area contributed by atoms with Crippen molar-refractivity contribution in [1.29, 1.82) is 0 Å². The molecular formula is C14H15F3N4O3S. The average Bonchev–Trinajstić information content (AvgIpc) is 2.96. The molecule has 0 radical (unpaired) electrons. The fourth-order valence-corrected chi connectivity index (χ4v) is 2.82. The predicted octanol–water partition coefficient (Wildman–Crippen LogP) is 1.77.